The quantitative estimate of drug-likeness (QED) is 0.533. The summed E-state index contributed by atoms with van der Waals surface area (Å²) in [7, 11) is -4.23. The molecule has 102 valence electrons. The molecule has 2 rings (SSSR count). The van der Waals surface area contributed by atoms with E-state index in [4.69, 9.17) is 4.55 Å². The molecule has 0 unspecified atom stereocenters. The van der Waals surface area contributed by atoms with Crippen molar-refractivity contribution in [3.8, 4) is 0 Å². The van der Waals surface area contributed by atoms with Gasteiger partial charge in [0.2, 0.25) is 0 Å². The van der Waals surface area contributed by atoms with E-state index in [9.17, 15) is 13.2 Å². The Hall–Kier alpha value is -2.24. The highest BCUT2D eigenvalue weighted by Crippen LogP contribution is 2.11. The summed E-state index contributed by atoms with van der Waals surface area (Å²) in [6.45, 7) is 0. The van der Waals surface area contributed by atoms with Crippen LogP contribution in [0.15, 0.2) is 65.6 Å². The van der Waals surface area contributed by atoms with Gasteiger partial charge in [0.15, 0.2) is 5.78 Å². The van der Waals surface area contributed by atoms with Crippen LogP contribution in [-0.2, 0) is 10.1 Å². The van der Waals surface area contributed by atoms with E-state index in [0.29, 0.717) is 5.56 Å². The number of benzene rings is 2. The zero-order valence-corrected chi connectivity index (χ0v) is 11.2. The van der Waals surface area contributed by atoms with Gasteiger partial charge in [0.05, 0.1) is 4.90 Å². The second-order valence-corrected chi connectivity index (χ2v) is 5.53. The van der Waals surface area contributed by atoms with E-state index in [1.54, 1.807) is 6.08 Å². The molecule has 0 saturated carbocycles. The first kappa shape index (κ1) is 14.2. The Balaban J connectivity index is 2.16. The monoisotopic (exact) mass is 288 g/mol. The van der Waals surface area contributed by atoms with E-state index < -0.39 is 10.1 Å². The van der Waals surface area contributed by atoms with Crippen molar-refractivity contribution in [1.82, 2.24) is 0 Å². The number of carbonyl (C=O) groups excluding carboxylic acids is 1. The molecule has 0 radical (unpaired) electrons. The zero-order valence-electron chi connectivity index (χ0n) is 10.4. The first-order valence-electron chi connectivity index (χ1n) is 5.82. The van der Waals surface area contributed by atoms with Crippen molar-refractivity contribution >= 4 is 22.0 Å². The molecule has 0 heterocycles. The molecule has 0 aliphatic carbocycles. The van der Waals surface area contributed by atoms with Gasteiger partial charge in [0.25, 0.3) is 10.1 Å². The Morgan fingerprint density at radius 2 is 1.55 bits per heavy atom. The van der Waals surface area contributed by atoms with Crippen LogP contribution in [0.3, 0.4) is 0 Å². The lowest BCUT2D eigenvalue weighted by molar-refractivity contribution is 0.104. The third kappa shape index (κ3) is 3.63. The molecule has 0 aliphatic heterocycles. The molecule has 2 aromatic carbocycles. The van der Waals surface area contributed by atoms with Crippen LogP contribution < -0.4 is 0 Å². The molecule has 0 bridgehead atoms. The van der Waals surface area contributed by atoms with Gasteiger partial charge in [-0.1, -0.05) is 36.4 Å². The first-order chi connectivity index (χ1) is 9.47. The summed E-state index contributed by atoms with van der Waals surface area (Å²) < 4.78 is 30.6. The Morgan fingerprint density at radius 3 is 2.10 bits per heavy atom. The van der Waals surface area contributed by atoms with Crippen LogP contribution in [0.5, 0.6) is 0 Å². The van der Waals surface area contributed by atoms with Crippen LogP contribution >= 0.6 is 0 Å². The van der Waals surface area contributed by atoms with Crippen LogP contribution in [0.2, 0.25) is 0 Å². The minimum Gasteiger partial charge on any atom is -0.289 e. The highest BCUT2D eigenvalue weighted by molar-refractivity contribution is 7.85. The molecule has 20 heavy (non-hydrogen) atoms. The molecule has 4 nitrogen and oxygen atoms in total. The molecule has 2 aromatic rings. The number of ketones is 1. The first-order valence-corrected chi connectivity index (χ1v) is 7.26. The minimum absolute atomic E-state index is 0.235. The van der Waals surface area contributed by atoms with Gasteiger partial charge in [-0.05, 0) is 35.9 Å². The fraction of sp³-hybridized carbons (Fsp3) is 0. The van der Waals surface area contributed by atoms with Gasteiger partial charge >= 0.3 is 0 Å². The standard InChI is InChI=1S/C15H12O4S/c16-15(11-6-12-4-2-1-3-5-12)13-7-9-14(10-8-13)20(17,18)19/h1-11H,(H,17,18,19)/b11-6+. The van der Waals surface area contributed by atoms with Gasteiger partial charge in [0.1, 0.15) is 0 Å². The topological polar surface area (TPSA) is 71.4 Å². The summed E-state index contributed by atoms with van der Waals surface area (Å²) in [5, 5.41) is 0. The number of hydrogen-bond donors (Lipinski definition) is 1. The maximum absolute atomic E-state index is 11.9. The number of hydrogen-bond acceptors (Lipinski definition) is 3. The lowest BCUT2D eigenvalue weighted by atomic mass is 10.1. The number of allylic oxidation sites excluding steroid dienone is 1. The molecule has 0 fully saturated rings. The largest absolute Gasteiger partial charge is 0.294 e. The normalized spacial score (nSPS) is 11.7. The van der Waals surface area contributed by atoms with Crippen molar-refractivity contribution in [3.63, 3.8) is 0 Å². The number of rotatable bonds is 4. The maximum atomic E-state index is 11.9. The predicted octanol–water partition coefficient (Wildman–Crippen LogP) is 2.83. The third-order valence-electron chi connectivity index (χ3n) is 2.66. The van der Waals surface area contributed by atoms with Gasteiger partial charge in [-0.15, -0.1) is 0 Å². The van der Waals surface area contributed by atoms with Crippen molar-refractivity contribution in [3.05, 3.63) is 71.8 Å². The zero-order chi connectivity index (χ0) is 14.6. The molecule has 0 aromatic heterocycles. The van der Waals surface area contributed by atoms with Crippen molar-refractivity contribution in [1.29, 1.82) is 0 Å². The van der Waals surface area contributed by atoms with Crippen LogP contribution in [-0.4, -0.2) is 18.8 Å². The van der Waals surface area contributed by atoms with E-state index in [-0.39, 0.29) is 10.7 Å². The van der Waals surface area contributed by atoms with E-state index in [1.807, 2.05) is 30.3 Å². The van der Waals surface area contributed by atoms with Gasteiger partial charge < -0.3 is 0 Å². The van der Waals surface area contributed by atoms with E-state index >= 15 is 0 Å². The molecule has 5 heteroatoms. The van der Waals surface area contributed by atoms with Gasteiger partial charge in [-0.3, -0.25) is 9.35 Å². The SMILES string of the molecule is O=C(/C=C/c1ccccc1)c1ccc(S(=O)(=O)O)cc1. The highest BCUT2D eigenvalue weighted by Gasteiger charge is 2.09. The Morgan fingerprint density at radius 1 is 0.950 bits per heavy atom. The second-order valence-electron chi connectivity index (χ2n) is 4.11. The van der Waals surface area contributed by atoms with Crippen LogP contribution in [0.4, 0.5) is 0 Å². The van der Waals surface area contributed by atoms with Crippen molar-refractivity contribution in [2.45, 2.75) is 4.90 Å². The molecule has 0 saturated heterocycles. The Bertz CT molecular complexity index is 729. The molecule has 0 amide bonds. The average molecular weight is 288 g/mol. The summed E-state index contributed by atoms with van der Waals surface area (Å²) in [4.78, 5) is 11.6. The second kappa shape index (κ2) is 5.81. The number of carbonyl (C=O) groups is 1. The fourth-order valence-electron chi connectivity index (χ4n) is 1.62. The summed E-state index contributed by atoms with van der Waals surface area (Å²) in [6, 6.07) is 14.5. The minimum atomic E-state index is -4.23. The predicted molar refractivity (Wildman–Crippen MR) is 76.1 cm³/mol. The van der Waals surface area contributed by atoms with Gasteiger partial charge in [-0.25, -0.2) is 0 Å². The van der Waals surface area contributed by atoms with E-state index in [1.165, 1.54) is 30.3 Å². The lowest BCUT2D eigenvalue weighted by Crippen LogP contribution is -1.99. The molecule has 1 N–H and O–H groups in total. The Kier molecular flexibility index (Phi) is 4.12. The molecular formula is C15H12O4S. The Labute approximate surface area is 117 Å². The summed E-state index contributed by atoms with van der Waals surface area (Å²) in [5.74, 6) is -0.240. The van der Waals surface area contributed by atoms with E-state index in [0.717, 1.165) is 5.56 Å². The molecule has 0 atom stereocenters. The molecular weight excluding hydrogens is 276 g/mol. The van der Waals surface area contributed by atoms with E-state index in [2.05, 4.69) is 0 Å². The average Bonchev–Trinajstić information content (AvgIpc) is 2.45. The van der Waals surface area contributed by atoms with Gasteiger partial charge in [0, 0.05) is 5.56 Å². The van der Waals surface area contributed by atoms with Crippen molar-refractivity contribution in [2.24, 2.45) is 0 Å². The van der Waals surface area contributed by atoms with Crippen LogP contribution in [0.25, 0.3) is 6.08 Å². The van der Waals surface area contributed by atoms with Crippen molar-refractivity contribution < 1.29 is 17.8 Å². The van der Waals surface area contributed by atoms with Crippen LogP contribution in [0, 0.1) is 0 Å². The maximum Gasteiger partial charge on any atom is 0.294 e. The van der Waals surface area contributed by atoms with Crippen LogP contribution in [0.1, 0.15) is 15.9 Å². The smallest absolute Gasteiger partial charge is 0.289 e. The highest BCUT2D eigenvalue weighted by atomic mass is 32.2. The molecule has 0 aliphatic rings. The summed E-state index contributed by atoms with van der Waals surface area (Å²) in [6.07, 6.45) is 3.09. The van der Waals surface area contributed by atoms with Crippen molar-refractivity contribution in [2.75, 3.05) is 0 Å². The summed E-state index contributed by atoms with van der Waals surface area (Å²) >= 11 is 0. The third-order valence-corrected chi connectivity index (χ3v) is 3.53. The molecule has 0 spiro atoms. The lowest BCUT2D eigenvalue weighted by Gasteiger charge is -1.99. The summed E-state index contributed by atoms with van der Waals surface area (Å²) in [5.41, 5.74) is 1.25. The fourth-order valence-corrected chi connectivity index (χ4v) is 2.10. The van der Waals surface area contributed by atoms with Gasteiger partial charge in [-0.2, -0.15) is 8.42 Å².